The standard InChI is InChI=1S/C22H17N3O3S2/c26-21-20(22-24-18-8-4-5-9-19(18)29-22)16-12-15(10-11-17(16)23-21)25-30(27,28)13-14-6-2-1-3-7-14/h1-12,20,25H,13H2,(H,23,26). The molecule has 0 saturated heterocycles. The number of benzene rings is 3. The molecule has 4 aromatic rings. The molecule has 150 valence electrons. The van der Waals surface area contributed by atoms with Crippen LogP contribution in [-0.4, -0.2) is 19.3 Å². The summed E-state index contributed by atoms with van der Waals surface area (Å²) < 4.78 is 28.8. The lowest BCUT2D eigenvalue weighted by Gasteiger charge is -2.11. The topological polar surface area (TPSA) is 88.2 Å². The number of fused-ring (bicyclic) bond motifs is 2. The molecular weight excluding hydrogens is 418 g/mol. The van der Waals surface area contributed by atoms with Crippen molar-refractivity contribution in [1.29, 1.82) is 0 Å². The summed E-state index contributed by atoms with van der Waals surface area (Å²) >= 11 is 1.47. The zero-order valence-electron chi connectivity index (χ0n) is 15.7. The molecule has 1 atom stereocenters. The van der Waals surface area contributed by atoms with E-state index in [2.05, 4.69) is 15.0 Å². The van der Waals surface area contributed by atoms with Gasteiger partial charge in [-0.2, -0.15) is 0 Å². The maximum atomic E-state index is 12.7. The average molecular weight is 436 g/mol. The van der Waals surface area contributed by atoms with E-state index in [1.807, 2.05) is 30.3 Å². The van der Waals surface area contributed by atoms with Crippen LogP contribution in [0.15, 0.2) is 72.8 Å². The number of nitrogens with zero attached hydrogens (tertiary/aromatic N) is 1. The molecule has 0 saturated carbocycles. The normalized spacial score (nSPS) is 15.7. The van der Waals surface area contributed by atoms with Gasteiger partial charge in [0.1, 0.15) is 10.9 Å². The number of thiazole rings is 1. The zero-order chi connectivity index (χ0) is 20.7. The number of para-hydroxylation sites is 1. The number of hydrogen-bond donors (Lipinski definition) is 2. The van der Waals surface area contributed by atoms with Gasteiger partial charge >= 0.3 is 0 Å². The van der Waals surface area contributed by atoms with Crippen molar-refractivity contribution in [2.75, 3.05) is 10.0 Å². The van der Waals surface area contributed by atoms with Gasteiger partial charge in [0.15, 0.2) is 0 Å². The lowest BCUT2D eigenvalue weighted by atomic mass is 10.0. The van der Waals surface area contributed by atoms with Crippen molar-refractivity contribution >= 4 is 48.9 Å². The number of anilines is 2. The van der Waals surface area contributed by atoms with Crippen LogP contribution in [0.2, 0.25) is 0 Å². The van der Waals surface area contributed by atoms with E-state index in [1.54, 1.807) is 42.5 Å². The van der Waals surface area contributed by atoms with Crippen molar-refractivity contribution in [3.63, 3.8) is 0 Å². The summed E-state index contributed by atoms with van der Waals surface area (Å²) in [6.45, 7) is 0. The van der Waals surface area contributed by atoms with Gasteiger partial charge in [-0.15, -0.1) is 11.3 Å². The van der Waals surface area contributed by atoms with Crippen molar-refractivity contribution in [2.24, 2.45) is 0 Å². The monoisotopic (exact) mass is 435 g/mol. The van der Waals surface area contributed by atoms with Gasteiger partial charge in [-0.05, 0) is 41.5 Å². The average Bonchev–Trinajstić information content (AvgIpc) is 3.27. The number of nitrogens with one attached hydrogen (secondary N) is 2. The van der Waals surface area contributed by atoms with Crippen LogP contribution in [0.5, 0.6) is 0 Å². The van der Waals surface area contributed by atoms with Gasteiger partial charge in [-0.3, -0.25) is 9.52 Å². The Morgan fingerprint density at radius 2 is 1.77 bits per heavy atom. The minimum Gasteiger partial charge on any atom is -0.325 e. The van der Waals surface area contributed by atoms with Crippen LogP contribution in [0.3, 0.4) is 0 Å². The van der Waals surface area contributed by atoms with Gasteiger partial charge in [0.05, 0.1) is 16.0 Å². The molecule has 1 unspecified atom stereocenters. The highest BCUT2D eigenvalue weighted by molar-refractivity contribution is 7.91. The molecule has 0 fully saturated rings. The molecule has 0 radical (unpaired) electrons. The zero-order valence-corrected chi connectivity index (χ0v) is 17.3. The third-order valence-corrected chi connectivity index (χ3v) is 7.27. The maximum Gasteiger partial charge on any atom is 0.238 e. The minimum absolute atomic E-state index is 0.122. The van der Waals surface area contributed by atoms with Crippen LogP contribution >= 0.6 is 11.3 Å². The number of aromatic nitrogens is 1. The number of sulfonamides is 1. The Labute approximate surface area is 177 Å². The van der Waals surface area contributed by atoms with Crippen molar-refractivity contribution < 1.29 is 13.2 Å². The lowest BCUT2D eigenvalue weighted by Crippen LogP contribution is -2.15. The summed E-state index contributed by atoms with van der Waals surface area (Å²) in [6, 6.07) is 21.8. The van der Waals surface area contributed by atoms with Gasteiger partial charge in [0, 0.05) is 11.4 Å². The summed E-state index contributed by atoms with van der Waals surface area (Å²) in [5, 5.41) is 3.56. The number of amides is 1. The Morgan fingerprint density at radius 1 is 1.00 bits per heavy atom. The summed E-state index contributed by atoms with van der Waals surface area (Å²) in [5.74, 6) is -0.840. The fraction of sp³-hybridized carbons (Fsp3) is 0.0909. The Balaban J connectivity index is 1.46. The fourth-order valence-corrected chi connectivity index (χ4v) is 5.87. The van der Waals surface area contributed by atoms with E-state index < -0.39 is 15.9 Å². The Kier molecular flexibility index (Phi) is 4.52. The first kappa shape index (κ1) is 18.8. The van der Waals surface area contributed by atoms with Gasteiger partial charge < -0.3 is 5.32 Å². The highest BCUT2D eigenvalue weighted by Gasteiger charge is 2.34. The molecular formula is C22H17N3O3S2. The lowest BCUT2D eigenvalue weighted by molar-refractivity contribution is -0.116. The molecule has 1 aliphatic heterocycles. The predicted octanol–water partition coefficient (Wildman–Crippen LogP) is 4.32. The van der Waals surface area contributed by atoms with Gasteiger partial charge in [0.25, 0.3) is 0 Å². The highest BCUT2D eigenvalue weighted by Crippen LogP contribution is 2.41. The van der Waals surface area contributed by atoms with Crippen molar-refractivity contribution in [1.82, 2.24) is 4.98 Å². The smallest absolute Gasteiger partial charge is 0.238 e. The third kappa shape index (κ3) is 3.55. The quantitative estimate of drug-likeness (QED) is 0.489. The number of carbonyl (C=O) groups is 1. The van der Waals surface area contributed by atoms with Crippen LogP contribution in [0, 0.1) is 0 Å². The van der Waals surface area contributed by atoms with E-state index >= 15 is 0 Å². The van der Waals surface area contributed by atoms with E-state index in [1.165, 1.54) is 11.3 Å². The Hall–Kier alpha value is -3.23. The number of rotatable bonds is 5. The number of hydrogen-bond acceptors (Lipinski definition) is 5. The van der Waals surface area contributed by atoms with Crippen LogP contribution in [-0.2, 0) is 20.6 Å². The molecule has 6 nitrogen and oxygen atoms in total. The molecule has 0 bridgehead atoms. The predicted molar refractivity (Wildman–Crippen MR) is 119 cm³/mol. The van der Waals surface area contributed by atoms with Gasteiger partial charge in [-0.1, -0.05) is 42.5 Å². The molecule has 0 aliphatic carbocycles. The van der Waals surface area contributed by atoms with Gasteiger partial charge in [-0.25, -0.2) is 13.4 Å². The third-order valence-electron chi connectivity index (χ3n) is 4.91. The van der Waals surface area contributed by atoms with Crippen molar-refractivity contribution in [3.8, 4) is 0 Å². The van der Waals surface area contributed by atoms with Gasteiger partial charge in [0.2, 0.25) is 15.9 Å². The molecule has 2 N–H and O–H groups in total. The molecule has 1 aromatic heterocycles. The SMILES string of the molecule is O=C1Nc2ccc(NS(=O)(=O)Cc3ccccc3)cc2C1c1nc2ccccc2s1. The second-order valence-corrected chi connectivity index (χ2v) is 9.88. The Bertz CT molecular complexity index is 1330. The van der Waals surface area contributed by atoms with E-state index in [0.717, 1.165) is 15.8 Å². The molecule has 2 heterocycles. The first-order valence-corrected chi connectivity index (χ1v) is 11.8. The second kappa shape index (κ2) is 7.23. The maximum absolute atomic E-state index is 12.7. The Morgan fingerprint density at radius 3 is 2.57 bits per heavy atom. The highest BCUT2D eigenvalue weighted by atomic mass is 32.2. The first-order chi connectivity index (χ1) is 14.5. The summed E-state index contributed by atoms with van der Waals surface area (Å²) in [5.41, 5.74) is 3.37. The second-order valence-electron chi connectivity index (χ2n) is 7.09. The van der Waals surface area contributed by atoms with Crippen molar-refractivity contribution in [2.45, 2.75) is 11.7 Å². The molecule has 1 amide bonds. The fourth-order valence-electron chi connectivity index (χ4n) is 3.59. The molecule has 5 rings (SSSR count). The molecule has 0 spiro atoms. The van der Waals surface area contributed by atoms with E-state index in [4.69, 9.17) is 0 Å². The summed E-state index contributed by atoms with van der Waals surface area (Å²) in [7, 11) is -3.59. The molecule has 30 heavy (non-hydrogen) atoms. The largest absolute Gasteiger partial charge is 0.325 e. The summed E-state index contributed by atoms with van der Waals surface area (Å²) in [6.07, 6.45) is 0. The van der Waals surface area contributed by atoms with E-state index in [9.17, 15) is 13.2 Å². The van der Waals surface area contributed by atoms with Crippen LogP contribution in [0.1, 0.15) is 22.1 Å². The van der Waals surface area contributed by atoms with E-state index in [-0.39, 0.29) is 11.7 Å². The molecule has 8 heteroatoms. The van der Waals surface area contributed by atoms with Crippen molar-refractivity contribution in [3.05, 3.63) is 88.9 Å². The minimum atomic E-state index is -3.59. The van der Waals surface area contributed by atoms with Crippen LogP contribution < -0.4 is 10.0 Å². The summed E-state index contributed by atoms with van der Waals surface area (Å²) in [4.78, 5) is 17.3. The van der Waals surface area contributed by atoms with Crippen LogP contribution in [0.4, 0.5) is 11.4 Å². The van der Waals surface area contributed by atoms with Crippen LogP contribution in [0.25, 0.3) is 10.2 Å². The van der Waals surface area contributed by atoms with E-state index in [0.29, 0.717) is 21.9 Å². The first-order valence-electron chi connectivity index (χ1n) is 9.33. The molecule has 3 aromatic carbocycles. The molecule has 1 aliphatic rings. The number of carbonyl (C=O) groups excluding carboxylic acids is 1.